The first-order valence-electron chi connectivity index (χ1n) is 9.98. The summed E-state index contributed by atoms with van der Waals surface area (Å²) in [4.78, 5) is 21.5. The Bertz CT molecular complexity index is 730. The van der Waals surface area contributed by atoms with E-state index in [2.05, 4.69) is 40.9 Å². The summed E-state index contributed by atoms with van der Waals surface area (Å²) in [5, 5.41) is 2.93. The fourth-order valence-corrected chi connectivity index (χ4v) is 3.51. The molecule has 2 aromatic rings. The van der Waals surface area contributed by atoms with E-state index < -0.39 is 0 Å². The maximum Gasteiger partial charge on any atom is 0.274 e. The van der Waals surface area contributed by atoms with Crippen LogP contribution in [-0.2, 0) is 0 Å². The maximum absolute atomic E-state index is 12.5. The van der Waals surface area contributed by atoms with Crippen molar-refractivity contribution in [3.8, 4) is 0 Å². The van der Waals surface area contributed by atoms with Gasteiger partial charge in [-0.1, -0.05) is 6.92 Å². The van der Waals surface area contributed by atoms with E-state index in [1.54, 1.807) is 0 Å². The Labute approximate surface area is 162 Å². The van der Waals surface area contributed by atoms with Crippen LogP contribution in [-0.4, -0.2) is 37.1 Å². The molecule has 144 valence electrons. The van der Waals surface area contributed by atoms with Gasteiger partial charge in [0, 0.05) is 37.6 Å². The zero-order valence-electron chi connectivity index (χ0n) is 16.6. The van der Waals surface area contributed by atoms with Gasteiger partial charge in [-0.05, 0) is 69.0 Å². The van der Waals surface area contributed by atoms with Crippen molar-refractivity contribution >= 4 is 23.0 Å². The number of rotatable bonds is 6. The van der Waals surface area contributed by atoms with Crippen LogP contribution in [0.4, 0.5) is 17.1 Å². The zero-order chi connectivity index (χ0) is 19.2. The summed E-state index contributed by atoms with van der Waals surface area (Å²) in [6, 6.07) is 11.8. The van der Waals surface area contributed by atoms with E-state index in [1.807, 2.05) is 42.6 Å². The number of hydrogen-bond acceptors (Lipinski definition) is 4. The van der Waals surface area contributed by atoms with Crippen molar-refractivity contribution in [2.24, 2.45) is 5.92 Å². The van der Waals surface area contributed by atoms with Gasteiger partial charge in [-0.25, -0.2) is 4.98 Å². The maximum atomic E-state index is 12.5. The molecule has 1 fully saturated rings. The highest BCUT2D eigenvalue weighted by atomic mass is 16.1. The number of carbonyl (C=O) groups is 1. The second-order valence-corrected chi connectivity index (χ2v) is 7.24. The fraction of sp³-hybridized carbons (Fsp3) is 0.455. The summed E-state index contributed by atoms with van der Waals surface area (Å²) in [7, 11) is 0. The molecule has 5 nitrogen and oxygen atoms in total. The fourth-order valence-electron chi connectivity index (χ4n) is 3.51. The molecule has 1 amide bonds. The van der Waals surface area contributed by atoms with Crippen molar-refractivity contribution in [1.82, 2.24) is 4.98 Å². The molecule has 1 aliphatic rings. The molecule has 27 heavy (non-hydrogen) atoms. The molecule has 1 saturated heterocycles. The predicted octanol–water partition coefficient (Wildman–Crippen LogP) is 4.42. The lowest BCUT2D eigenvalue weighted by Crippen LogP contribution is -2.32. The molecule has 0 atom stereocenters. The molecule has 0 saturated carbocycles. The highest BCUT2D eigenvalue weighted by Gasteiger charge is 2.17. The lowest BCUT2D eigenvalue weighted by Gasteiger charge is -2.31. The van der Waals surface area contributed by atoms with Gasteiger partial charge in [-0.3, -0.25) is 4.79 Å². The minimum Gasteiger partial charge on any atom is -0.372 e. The van der Waals surface area contributed by atoms with Crippen molar-refractivity contribution in [3.05, 3.63) is 48.3 Å². The summed E-state index contributed by atoms with van der Waals surface area (Å²) >= 11 is 0. The van der Waals surface area contributed by atoms with Crippen molar-refractivity contribution < 1.29 is 4.79 Å². The smallest absolute Gasteiger partial charge is 0.274 e. The van der Waals surface area contributed by atoms with E-state index in [0.29, 0.717) is 5.69 Å². The Balaban J connectivity index is 1.61. The van der Waals surface area contributed by atoms with Gasteiger partial charge in [-0.2, -0.15) is 0 Å². The van der Waals surface area contributed by atoms with Crippen LogP contribution in [0.2, 0.25) is 0 Å². The summed E-state index contributed by atoms with van der Waals surface area (Å²) in [6.07, 6.45) is 4.24. The van der Waals surface area contributed by atoms with Gasteiger partial charge in [0.25, 0.3) is 5.91 Å². The molecule has 0 spiro atoms. The van der Waals surface area contributed by atoms with Crippen LogP contribution in [0, 0.1) is 5.92 Å². The Hall–Kier alpha value is -2.56. The first-order valence-corrected chi connectivity index (χ1v) is 9.98. The summed E-state index contributed by atoms with van der Waals surface area (Å²) in [6.45, 7) is 10.6. The summed E-state index contributed by atoms with van der Waals surface area (Å²) in [5.41, 5.74) is 3.49. The minimum atomic E-state index is -0.176. The Morgan fingerprint density at radius 2 is 1.78 bits per heavy atom. The van der Waals surface area contributed by atoms with Gasteiger partial charge in [0.2, 0.25) is 0 Å². The third-order valence-corrected chi connectivity index (χ3v) is 5.38. The topological polar surface area (TPSA) is 48.5 Å². The molecule has 5 heteroatoms. The Morgan fingerprint density at radius 1 is 1.11 bits per heavy atom. The molecular weight excluding hydrogens is 336 g/mol. The second kappa shape index (κ2) is 8.89. The van der Waals surface area contributed by atoms with Gasteiger partial charge < -0.3 is 15.1 Å². The van der Waals surface area contributed by atoms with Crippen LogP contribution >= 0.6 is 0 Å². The molecule has 0 bridgehead atoms. The van der Waals surface area contributed by atoms with Gasteiger partial charge in [-0.15, -0.1) is 0 Å². The summed E-state index contributed by atoms with van der Waals surface area (Å²) in [5.74, 6) is 0.622. The third kappa shape index (κ3) is 4.79. The van der Waals surface area contributed by atoms with E-state index in [1.165, 1.54) is 12.8 Å². The van der Waals surface area contributed by atoms with E-state index in [0.717, 1.165) is 49.2 Å². The van der Waals surface area contributed by atoms with Crippen molar-refractivity contribution in [2.45, 2.75) is 33.6 Å². The quantitative estimate of drug-likeness (QED) is 0.822. The van der Waals surface area contributed by atoms with Crippen molar-refractivity contribution in [1.29, 1.82) is 0 Å². The second-order valence-electron chi connectivity index (χ2n) is 7.24. The third-order valence-electron chi connectivity index (χ3n) is 5.38. The standard InChI is InChI=1S/C22H30N4O/c1-4-25(5-2)19-8-6-18(7-9-19)24-22(27)21-11-10-20(16-23-21)26-14-12-17(3)13-15-26/h6-11,16-17H,4-5,12-15H2,1-3H3,(H,24,27). The average Bonchev–Trinajstić information content (AvgIpc) is 2.71. The van der Waals surface area contributed by atoms with E-state index in [9.17, 15) is 4.79 Å². The van der Waals surface area contributed by atoms with Crippen LogP contribution in [0.15, 0.2) is 42.6 Å². The Morgan fingerprint density at radius 3 is 2.33 bits per heavy atom. The molecule has 2 heterocycles. The Kier molecular flexibility index (Phi) is 6.32. The van der Waals surface area contributed by atoms with E-state index >= 15 is 0 Å². The van der Waals surface area contributed by atoms with Crippen LogP contribution in [0.5, 0.6) is 0 Å². The zero-order valence-corrected chi connectivity index (χ0v) is 16.6. The molecule has 0 aliphatic carbocycles. The van der Waals surface area contributed by atoms with Crippen LogP contribution in [0.1, 0.15) is 44.1 Å². The number of amides is 1. The predicted molar refractivity (Wildman–Crippen MR) is 113 cm³/mol. The SMILES string of the molecule is CCN(CC)c1ccc(NC(=O)c2ccc(N3CCC(C)CC3)cn2)cc1. The molecule has 1 aromatic heterocycles. The summed E-state index contributed by atoms with van der Waals surface area (Å²) < 4.78 is 0. The first kappa shape index (κ1) is 19.2. The molecule has 1 aromatic carbocycles. The largest absolute Gasteiger partial charge is 0.372 e. The first-order chi connectivity index (χ1) is 13.1. The number of nitrogens with one attached hydrogen (secondary N) is 1. The average molecular weight is 367 g/mol. The van der Waals surface area contributed by atoms with E-state index in [4.69, 9.17) is 0 Å². The lowest BCUT2D eigenvalue weighted by atomic mass is 9.99. The van der Waals surface area contributed by atoms with Crippen LogP contribution in [0.25, 0.3) is 0 Å². The van der Waals surface area contributed by atoms with Crippen molar-refractivity contribution in [2.75, 3.05) is 41.3 Å². The van der Waals surface area contributed by atoms with E-state index in [-0.39, 0.29) is 5.91 Å². The molecular formula is C22H30N4O. The molecule has 0 radical (unpaired) electrons. The number of anilines is 3. The van der Waals surface area contributed by atoms with Crippen LogP contribution < -0.4 is 15.1 Å². The molecule has 1 N–H and O–H groups in total. The number of nitrogens with zero attached hydrogens (tertiary/aromatic N) is 3. The van der Waals surface area contributed by atoms with Gasteiger partial charge >= 0.3 is 0 Å². The van der Waals surface area contributed by atoms with Crippen molar-refractivity contribution in [3.63, 3.8) is 0 Å². The minimum absolute atomic E-state index is 0.176. The number of aromatic nitrogens is 1. The normalized spacial score (nSPS) is 14.9. The number of hydrogen-bond donors (Lipinski definition) is 1. The van der Waals surface area contributed by atoms with Crippen LogP contribution in [0.3, 0.4) is 0 Å². The van der Waals surface area contributed by atoms with Gasteiger partial charge in [0.15, 0.2) is 0 Å². The molecule has 3 rings (SSSR count). The monoisotopic (exact) mass is 366 g/mol. The highest BCUT2D eigenvalue weighted by molar-refractivity contribution is 6.03. The van der Waals surface area contributed by atoms with Gasteiger partial charge in [0.1, 0.15) is 5.69 Å². The number of benzene rings is 1. The lowest BCUT2D eigenvalue weighted by molar-refractivity contribution is 0.102. The molecule has 0 unspecified atom stereocenters. The highest BCUT2D eigenvalue weighted by Crippen LogP contribution is 2.23. The molecule has 1 aliphatic heterocycles. The number of carbonyl (C=O) groups excluding carboxylic acids is 1. The number of piperidine rings is 1. The van der Waals surface area contributed by atoms with Gasteiger partial charge in [0.05, 0.1) is 11.9 Å². The number of pyridine rings is 1.